The Morgan fingerprint density at radius 2 is 1.81 bits per heavy atom. The Hall–Kier alpha value is -3.37. The van der Waals surface area contributed by atoms with Crippen LogP contribution in [0.2, 0.25) is 0 Å². The number of ether oxygens (including phenoxy) is 2. The summed E-state index contributed by atoms with van der Waals surface area (Å²) in [4.78, 5) is 18.1. The fraction of sp³-hybridized carbons (Fsp3) is 0.308. The molecule has 1 N–H and O–H groups in total. The van der Waals surface area contributed by atoms with Gasteiger partial charge in [0.25, 0.3) is 0 Å². The van der Waals surface area contributed by atoms with Crippen molar-refractivity contribution < 1.29 is 31.5 Å². The van der Waals surface area contributed by atoms with Crippen LogP contribution < -0.4 is 14.2 Å². The van der Waals surface area contributed by atoms with E-state index in [1.807, 2.05) is 43.3 Å². The maximum atomic E-state index is 13.4. The molecule has 10 heteroatoms. The first kappa shape index (κ1) is 24.3. The van der Waals surface area contributed by atoms with E-state index in [1.54, 1.807) is 6.07 Å². The Balaban J connectivity index is 1.36. The number of aryl methyl sites for hydroxylation is 1. The maximum Gasteiger partial charge on any atom is 0.586 e. The lowest BCUT2D eigenvalue weighted by atomic mass is 9.88. The van der Waals surface area contributed by atoms with Gasteiger partial charge in [-0.25, -0.2) is 13.1 Å². The van der Waals surface area contributed by atoms with E-state index < -0.39 is 21.7 Å². The minimum absolute atomic E-state index is 0.0402. The van der Waals surface area contributed by atoms with Gasteiger partial charge in [0, 0.05) is 24.2 Å². The third-order valence-corrected chi connectivity index (χ3v) is 7.14. The maximum absolute atomic E-state index is 13.4. The van der Waals surface area contributed by atoms with Gasteiger partial charge in [0.05, 0.1) is 17.4 Å². The van der Waals surface area contributed by atoms with Crippen LogP contribution in [0.15, 0.2) is 54.6 Å². The number of hydrogen-bond donors (Lipinski definition) is 1. The number of hydrogen-bond acceptors (Lipinski definition) is 6. The van der Waals surface area contributed by atoms with Crippen molar-refractivity contribution in [3.05, 3.63) is 77.0 Å². The van der Waals surface area contributed by atoms with Crippen LogP contribution in [0, 0.1) is 6.92 Å². The molecule has 2 aliphatic rings. The lowest BCUT2D eigenvalue weighted by Crippen LogP contribution is -2.26. The number of alkyl halides is 2. The number of ketones is 1. The highest BCUT2D eigenvalue weighted by Crippen LogP contribution is 2.52. The zero-order valence-corrected chi connectivity index (χ0v) is 20.5. The van der Waals surface area contributed by atoms with E-state index >= 15 is 0 Å². The number of nitrogens with zero attached hydrogens (tertiary/aromatic N) is 1. The summed E-state index contributed by atoms with van der Waals surface area (Å²) in [7, 11) is -3.32. The van der Waals surface area contributed by atoms with Crippen molar-refractivity contribution in [2.24, 2.45) is 0 Å². The minimum Gasteiger partial charge on any atom is -0.395 e. The minimum atomic E-state index is -3.71. The molecule has 1 aromatic heterocycles. The molecule has 5 rings (SSSR count). The normalized spacial score (nSPS) is 17.1. The van der Waals surface area contributed by atoms with Crippen molar-refractivity contribution in [1.82, 2.24) is 9.71 Å². The molecule has 2 aromatic carbocycles. The molecule has 0 unspecified atom stereocenters. The number of carbonyl (C=O) groups excluding carboxylic acids is 1. The Kier molecular flexibility index (Phi) is 5.83. The summed E-state index contributed by atoms with van der Waals surface area (Å²) < 4.78 is 61.2. The summed E-state index contributed by atoms with van der Waals surface area (Å²) in [5.74, 6) is -0.162. The van der Waals surface area contributed by atoms with E-state index in [9.17, 15) is 22.0 Å². The van der Waals surface area contributed by atoms with Crippen molar-refractivity contribution in [3.63, 3.8) is 0 Å². The molecule has 0 saturated heterocycles. The number of aromatic nitrogens is 1. The molecule has 1 aliphatic heterocycles. The van der Waals surface area contributed by atoms with E-state index in [4.69, 9.17) is 4.98 Å². The lowest BCUT2D eigenvalue weighted by Gasteiger charge is -2.16. The Morgan fingerprint density at radius 3 is 2.53 bits per heavy atom. The molecule has 0 spiro atoms. The van der Waals surface area contributed by atoms with Crippen LogP contribution in [-0.2, 0) is 33.2 Å². The van der Waals surface area contributed by atoms with Gasteiger partial charge in [-0.15, -0.1) is 8.78 Å². The van der Waals surface area contributed by atoms with Crippen molar-refractivity contribution in [2.45, 2.75) is 44.4 Å². The second-order valence-corrected chi connectivity index (χ2v) is 11.1. The Labute approximate surface area is 207 Å². The first-order chi connectivity index (χ1) is 16.9. The number of nitrogens with one attached hydrogen (secondary N) is 1. The zero-order valence-electron chi connectivity index (χ0n) is 19.7. The number of sulfonamides is 1. The molecular weight excluding hydrogens is 490 g/mol. The standard InChI is InChI=1S/C26H24F2N2O5S/c1-16-6-8-20(30-24(16)18-5-3-4-17(12-18)15-29-36(2,32)33)14-23(31)25(10-11-25)19-7-9-21-22(13-19)35-26(27,28)34-21/h3-9,12-13,29H,10-11,14-15H2,1-2H3. The molecule has 3 aromatic rings. The van der Waals surface area contributed by atoms with Gasteiger partial charge in [0.15, 0.2) is 11.5 Å². The van der Waals surface area contributed by atoms with Gasteiger partial charge < -0.3 is 9.47 Å². The number of halogens is 2. The predicted molar refractivity (Wildman–Crippen MR) is 128 cm³/mol. The number of fused-ring (bicyclic) bond motifs is 1. The number of pyridine rings is 1. The highest BCUT2D eigenvalue weighted by atomic mass is 32.2. The van der Waals surface area contributed by atoms with E-state index in [0.29, 0.717) is 29.8 Å². The second-order valence-electron chi connectivity index (χ2n) is 9.27. The second kappa shape index (κ2) is 8.63. The average molecular weight is 515 g/mol. The highest BCUT2D eigenvalue weighted by Gasteiger charge is 2.52. The molecule has 0 bridgehead atoms. The van der Waals surface area contributed by atoms with Crippen molar-refractivity contribution in [1.29, 1.82) is 0 Å². The molecule has 1 fully saturated rings. The number of rotatable bonds is 8. The van der Waals surface area contributed by atoms with Gasteiger partial charge in [0.2, 0.25) is 10.0 Å². The largest absolute Gasteiger partial charge is 0.586 e. The topological polar surface area (TPSA) is 94.6 Å². The monoisotopic (exact) mass is 514 g/mol. The fourth-order valence-electron chi connectivity index (χ4n) is 4.44. The molecule has 1 aliphatic carbocycles. The Morgan fingerprint density at radius 1 is 1.06 bits per heavy atom. The van der Waals surface area contributed by atoms with E-state index in [0.717, 1.165) is 22.9 Å². The van der Waals surface area contributed by atoms with Gasteiger partial charge in [-0.1, -0.05) is 30.3 Å². The van der Waals surface area contributed by atoms with Gasteiger partial charge in [0.1, 0.15) is 5.78 Å². The molecule has 7 nitrogen and oxygen atoms in total. The van der Waals surface area contributed by atoms with Crippen LogP contribution in [-0.4, -0.2) is 31.7 Å². The molecule has 1 saturated carbocycles. The molecule has 0 amide bonds. The summed E-state index contributed by atoms with van der Waals surface area (Å²) >= 11 is 0. The highest BCUT2D eigenvalue weighted by molar-refractivity contribution is 7.88. The first-order valence-electron chi connectivity index (χ1n) is 11.4. The van der Waals surface area contributed by atoms with Crippen LogP contribution in [0.1, 0.15) is 35.2 Å². The van der Waals surface area contributed by atoms with E-state index in [2.05, 4.69) is 14.2 Å². The first-order valence-corrected chi connectivity index (χ1v) is 13.3. The molecule has 0 radical (unpaired) electrons. The number of carbonyl (C=O) groups is 1. The van der Waals surface area contributed by atoms with Gasteiger partial charge in [-0.2, -0.15) is 0 Å². The van der Waals surface area contributed by atoms with Crippen molar-refractivity contribution in [2.75, 3.05) is 6.26 Å². The van der Waals surface area contributed by atoms with Crippen molar-refractivity contribution in [3.8, 4) is 22.8 Å². The summed E-state index contributed by atoms with van der Waals surface area (Å²) in [6.07, 6.45) is -1.27. The van der Waals surface area contributed by atoms with Crippen LogP contribution in [0.3, 0.4) is 0 Å². The SMILES string of the molecule is Cc1ccc(CC(=O)C2(c3ccc4c(c3)OC(F)(F)O4)CC2)nc1-c1cccc(CNS(C)(=O)=O)c1. The molecule has 0 atom stereocenters. The smallest absolute Gasteiger partial charge is 0.395 e. The molecule has 2 heterocycles. The van der Waals surface area contributed by atoms with Crippen LogP contribution in [0.5, 0.6) is 11.5 Å². The zero-order chi connectivity index (χ0) is 25.7. The number of benzene rings is 2. The van der Waals surface area contributed by atoms with Crippen LogP contribution in [0.4, 0.5) is 8.78 Å². The summed E-state index contributed by atoms with van der Waals surface area (Å²) in [6.45, 7) is 2.08. The molecular formula is C26H24F2N2O5S. The molecule has 188 valence electrons. The number of Topliss-reactive ketones (excluding diaryl/α,β-unsaturated/α-hetero) is 1. The summed E-state index contributed by atoms with van der Waals surface area (Å²) in [5.41, 5.74) is 3.69. The van der Waals surface area contributed by atoms with E-state index in [1.165, 1.54) is 12.1 Å². The predicted octanol–water partition coefficient (Wildman–Crippen LogP) is 4.27. The Bertz CT molecular complexity index is 1470. The lowest BCUT2D eigenvalue weighted by molar-refractivity contribution is -0.286. The third kappa shape index (κ3) is 4.96. The summed E-state index contributed by atoms with van der Waals surface area (Å²) in [5, 5.41) is 0. The van der Waals surface area contributed by atoms with Gasteiger partial charge in [-0.3, -0.25) is 9.78 Å². The summed E-state index contributed by atoms with van der Waals surface area (Å²) in [6, 6.07) is 15.6. The van der Waals surface area contributed by atoms with Crippen LogP contribution >= 0.6 is 0 Å². The fourth-order valence-corrected chi connectivity index (χ4v) is 4.87. The third-order valence-electron chi connectivity index (χ3n) is 6.47. The molecule has 36 heavy (non-hydrogen) atoms. The van der Waals surface area contributed by atoms with E-state index in [-0.39, 0.29) is 30.2 Å². The van der Waals surface area contributed by atoms with Gasteiger partial charge >= 0.3 is 6.29 Å². The van der Waals surface area contributed by atoms with Crippen molar-refractivity contribution >= 4 is 15.8 Å². The van der Waals surface area contributed by atoms with Gasteiger partial charge in [-0.05, 0) is 60.7 Å². The van der Waals surface area contributed by atoms with Crippen LogP contribution in [0.25, 0.3) is 11.3 Å². The average Bonchev–Trinajstić information content (AvgIpc) is 3.56. The quantitative estimate of drug-likeness (QED) is 0.483.